The molecule has 18 heavy (non-hydrogen) atoms. The highest BCUT2D eigenvalue weighted by Gasteiger charge is 2.38. The van der Waals surface area contributed by atoms with Crippen molar-refractivity contribution in [3.05, 3.63) is 0 Å². The fourth-order valence-corrected chi connectivity index (χ4v) is 3.13. The maximum atomic E-state index is 12.1. The second-order valence-electron chi connectivity index (χ2n) is 6.77. The fourth-order valence-electron chi connectivity index (χ4n) is 3.13. The number of carbonyl (C=O) groups excluding carboxylic acids is 1. The molecule has 1 saturated heterocycles. The minimum absolute atomic E-state index is 0.175. The van der Waals surface area contributed by atoms with Gasteiger partial charge in [-0.15, -0.1) is 0 Å². The van der Waals surface area contributed by atoms with Gasteiger partial charge in [-0.2, -0.15) is 0 Å². The second-order valence-corrected chi connectivity index (χ2v) is 6.77. The molecule has 2 bridgehead atoms. The van der Waals surface area contributed by atoms with E-state index >= 15 is 0 Å². The van der Waals surface area contributed by atoms with Gasteiger partial charge in [0.25, 0.3) is 0 Å². The summed E-state index contributed by atoms with van der Waals surface area (Å²) < 4.78 is 5.46. The Kier molecular flexibility index (Phi) is 3.85. The molecule has 1 heterocycles. The molecule has 2 atom stereocenters. The van der Waals surface area contributed by atoms with E-state index in [2.05, 4.69) is 0 Å². The van der Waals surface area contributed by atoms with Crippen LogP contribution in [0.4, 0.5) is 4.79 Å². The molecule has 4 nitrogen and oxygen atoms in total. The van der Waals surface area contributed by atoms with Gasteiger partial charge in [0.2, 0.25) is 0 Å². The van der Waals surface area contributed by atoms with Crippen molar-refractivity contribution in [3.8, 4) is 0 Å². The van der Waals surface area contributed by atoms with Crippen molar-refractivity contribution in [2.24, 2.45) is 17.6 Å². The highest BCUT2D eigenvalue weighted by molar-refractivity contribution is 5.68. The lowest BCUT2D eigenvalue weighted by molar-refractivity contribution is 0.00689. The lowest BCUT2D eigenvalue weighted by Gasteiger charge is -2.41. The molecule has 2 unspecified atom stereocenters. The Morgan fingerprint density at radius 3 is 2.11 bits per heavy atom. The molecular weight excluding hydrogens is 228 g/mol. The first-order valence-corrected chi connectivity index (χ1v) is 7.10. The molecule has 1 aliphatic heterocycles. The Hall–Kier alpha value is -0.770. The number of hydrogen-bond acceptors (Lipinski definition) is 3. The van der Waals surface area contributed by atoms with Crippen LogP contribution < -0.4 is 5.73 Å². The van der Waals surface area contributed by atoms with E-state index in [1.165, 1.54) is 12.8 Å². The first kappa shape index (κ1) is 13.7. The lowest BCUT2D eigenvalue weighted by atomic mass is 9.83. The quantitative estimate of drug-likeness (QED) is 0.722. The highest BCUT2D eigenvalue weighted by Crippen LogP contribution is 2.32. The van der Waals surface area contributed by atoms with Gasteiger partial charge in [0.05, 0.1) is 0 Å². The third kappa shape index (κ3) is 3.16. The molecule has 1 amide bonds. The molecule has 0 spiro atoms. The number of ether oxygens (including phenoxy) is 1. The summed E-state index contributed by atoms with van der Waals surface area (Å²) in [6.07, 6.45) is 4.62. The zero-order valence-corrected chi connectivity index (χ0v) is 11.8. The SMILES string of the molecule is CC(C)(C)OC(=O)N1CC2CCCCC(C1)C2N. The third-order valence-corrected chi connectivity index (χ3v) is 4.05. The van der Waals surface area contributed by atoms with Crippen molar-refractivity contribution < 1.29 is 9.53 Å². The van der Waals surface area contributed by atoms with Crippen LogP contribution >= 0.6 is 0 Å². The Balaban J connectivity index is 2.01. The van der Waals surface area contributed by atoms with Crippen LogP contribution in [0, 0.1) is 11.8 Å². The van der Waals surface area contributed by atoms with Gasteiger partial charge in [-0.3, -0.25) is 0 Å². The van der Waals surface area contributed by atoms with Gasteiger partial charge < -0.3 is 15.4 Å². The maximum absolute atomic E-state index is 12.1. The van der Waals surface area contributed by atoms with Crippen molar-refractivity contribution in [2.45, 2.75) is 58.1 Å². The third-order valence-electron chi connectivity index (χ3n) is 4.05. The molecule has 0 aromatic heterocycles. The molecule has 2 fully saturated rings. The number of piperidine rings is 1. The average molecular weight is 254 g/mol. The molecule has 0 radical (unpaired) electrons. The van der Waals surface area contributed by atoms with Crippen LogP contribution in [0.5, 0.6) is 0 Å². The molecule has 0 aromatic rings. The van der Waals surface area contributed by atoms with Gasteiger partial charge in [-0.1, -0.05) is 12.8 Å². The zero-order valence-electron chi connectivity index (χ0n) is 11.8. The number of rotatable bonds is 0. The smallest absolute Gasteiger partial charge is 0.410 e. The fraction of sp³-hybridized carbons (Fsp3) is 0.929. The lowest BCUT2D eigenvalue weighted by Crippen LogP contribution is -2.54. The maximum Gasteiger partial charge on any atom is 0.410 e. The van der Waals surface area contributed by atoms with E-state index in [1.807, 2.05) is 25.7 Å². The highest BCUT2D eigenvalue weighted by atomic mass is 16.6. The summed E-state index contributed by atoms with van der Waals surface area (Å²) in [6.45, 7) is 7.27. The summed E-state index contributed by atoms with van der Waals surface area (Å²) in [6, 6.07) is 0.270. The van der Waals surface area contributed by atoms with Crippen LogP contribution in [0.2, 0.25) is 0 Å². The minimum Gasteiger partial charge on any atom is -0.444 e. The Bertz CT molecular complexity index is 295. The summed E-state index contributed by atoms with van der Waals surface area (Å²) in [5.74, 6) is 0.914. The molecule has 1 saturated carbocycles. The normalized spacial score (nSPS) is 32.9. The molecule has 0 aromatic carbocycles. The van der Waals surface area contributed by atoms with E-state index in [4.69, 9.17) is 10.5 Å². The van der Waals surface area contributed by atoms with Gasteiger partial charge in [0.1, 0.15) is 5.60 Å². The van der Waals surface area contributed by atoms with E-state index in [1.54, 1.807) is 0 Å². The van der Waals surface area contributed by atoms with Crippen LogP contribution in [0.15, 0.2) is 0 Å². The number of nitrogens with two attached hydrogens (primary N) is 1. The van der Waals surface area contributed by atoms with Crippen molar-refractivity contribution in [3.63, 3.8) is 0 Å². The minimum atomic E-state index is -0.415. The van der Waals surface area contributed by atoms with Crippen LogP contribution in [-0.2, 0) is 4.74 Å². The van der Waals surface area contributed by atoms with E-state index in [-0.39, 0.29) is 12.1 Å². The average Bonchev–Trinajstić information content (AvgIpc) is 2.36. The van der Waals surface area contributed by atoms with Crippen molar-refractivity contribution in [1.29, 1.82) is 0 Å². The molecule has 1 aliphatic carbocycles. The standard InChI is InChI=1S/C14H26N2O2/c1-14(2,3)18-13(17)16-8-10-6-4-5-7-11(9-16)12(10)15/h10-12H,4-9,15H2,1-3H3. The van der Waals surface area contributed by atoms with Gasteiger partial charge in [0, 0.05) is 19.1 Å². The summed E-state index contributed by atoms with van der Waals surface area (Å²) in [5.41, 5.74) is 5.88. The Labute approximate surface area is 110 Å². The first-order valence-electron chi connectivity index (χ1n) is 7.10. The van der Waals surface area contributed by atoms with Crippen LogP contribution in [-0.4, -0.2) is 35.7 Å². The molecule has 2 aliphatic rings. The van der Waals surface area contributed by atoms with E-state index in [9.17, 15) is 4.79 Å². The second kappa shape index (κ2) is 5.08. The summed E-state index contributed by atoms with van der Waals surface area (Å²) >= 11 is 0. The first-order chi connectivity index (χ1) is 8.37. The summed E-state index contributed by atoms with van der Waals surface area (Å²) in [7, 11) is 0. The Morgan fingerprint density at radius 1 is 1.17 bits per heavy atom. The zero-order chi connectivity index (χ0) is 13.3. The van der Waals surface area contributed by atoms with Gasteiger partial charge >= 0.3 is 6.09 Å². The number of likely N-dealkylation sites (tertiary alicyclic amines) is 1. The topological polar surface area (TPSA) is 55.6 Å². The van der Waals surface area contributed by atoms with Crippen molar-refractivity contribution >= 4 is 6.09 Å². The number of fused-ring (bicyclic) bond motifs is 2. The van der Waals surface area contributed by atoms with E-state index in [0.717, 1.165) is 25.9 Å². The number of nitrogens with zero attached hydrogens (tertiary/aromatic N) is 1. The molecular formula is C14H26N2O2. The van der Waals surface area contributed by atoms with Gasteiger partial charge in [-0.25, -0.2) is 4.79 Å². The van der Waals surface area contributed by atoms with Crippen molar-refractivity contribution in [1.82, 2.24) is 4.90 Å². The summed E-state index contributed by atoms with van der Waals surface area (Å²) in [5, 5.41) is 0. The molecule has 104 valence electrons. The number of hydrogen-bond donors (Lipinski definition) is 1. The number of carbonyl (C=O) groups is 1. The number of amides is 1. The molecule has 2 N–H and O–H groups in total. The summed E-state index contributed by atoms with van der Waals surface area (Å²) in [4.78, 5) is 14.0. The van der Waals surface area contributed by atoms with E-state index in [0.29, 0.717) is 11.8 Å². The van der Waals surface area contributed by atoms with Gasteiger partial charge in [0.15, 0.2) is 0 Å². The predicted molar refractivity (Wildman–Crippen MR) is 71.2 cm³/mol. The van der Waals surface area contributed by atoms with Gasteiger partial charge in [-0.05, 0) is 45.4 Å². The largest absolute Gasteiger partial charge is 0.444 e. The van der Waals surface area contributed by atoms with Crippen molar-refractivity contribution in [2.75, 3.05) is 13.1 Å². The van der Waals surface area contributed by atoms with Crippen LogP contribution in [0.3, 0.4) is 0 Å². The molecule has 4 heteroatoms. The van der Waals surface area contributed by atoms with Crippen LogP contribution in [0.1, 0.15) is 46.5 Å². The van der Waals surface area contributed by atoms with E-state index < -0.39 is 5.60 Å². The molecule has 2 rings (SSSR count). The predicted octanol–water partition coefficient (Wildman–Crippen LogP) is 2.37. The Morgan fingerprint density at radius 2 is 1.67 bits per heavy atom. The monoisotopic (exact) mass is 254 g/mol. The van der Waals surface area contributed by atoms with Crippen LogP contribution in [0.25, 0.3) is 0 Å².